The van der Waals surface area contributed by atoms with Crippen LogP contribution in [0.4, 0.5) is 5.69 Å². The summed E-state index contributed by atoms with van der Waals surface area (Å²) in [6, 6.07) is 8.82. The fourth-order valence-electron chi connectivity index (χ4n) is 6.09. The molecular formula is C16H19N. The third-order valence-corrected chi connectivity index (χ3v) is 6.67. The Morgan fingerprint density at radius 2 is 1.88 bits per heavy atom. The van der Waals surface area contributed by atoms with Crippen LogP contribution in [-0.2, 0) is 5.41 Å². The van der Waals surface area contributed by atoms with Gasteiger partial charge in [-0.25, -0.2) is 0 Å². The number of nitrogen functional groups attached to an aromatic ring is 1. The molecule has 2 bridgehead atoms. The lowest BCUT2D eigenvalue weighted by Crippen LogP contribution is -2.41. The zero-order chi connectivity index (χ0) is 11.3. The minimum absolute atomic E-state index is 0.585. The maximum atomic E-state index is 5.82. The second-order valence-electron chi connectivity index (χ2n) is 7.15. The molecule has 0 saturated heterocycles. The van der Waals surface area contributed by atoms with Crippen LogP contribution < -0.4 is 5.73 Å². The third-order valence-electron chi connectivity index (χ3n) is 6.67. The predicted octanol–water partition coefficient (Wildman–Crippen LogP) is 3.35. The largest absolute Gasteiger partial charge is 0.399 e. The van der Waals surface area contributed by atoms with E-state index in [1.807, 2.05) is 0 Å². The molecule has 1 nitrogen and oxygen atoms in total. The van der Waals surface area contributed by atoms with Gasteiger partial charge in [-0.3, -0.25) is 0 Å². The Labute approximate surface area is 102 Å². The third kappa shape index (κ3) is 0.811. The van der Waals surface area contributed by atoms with E-state index in [1.54, 1.807) is 24.8 Å². The minimum atomic E-state index is 0.585. The Morgan fingerprint density at radius 3 is 2.71 bits per heavy atom. The summed E-state index contributed by atoms with van der Waals surface area (Å²) < 4.78 is 0. The lowest BCUT2D eigenvalue weighted by atomic mass is 9.57. The van der Waals surface area contributed by atoms with E-state index < -0.39 is 0 Å². The van der Waals surface area contributed by atoms with Crippen molar-refractivity contribution in [1.82, 2.24) is 0 Å². The highest BCUT2D eigenvalue weighted by Crippen LogP contribution is 2.86. The van der Waals surface area contributed by atoms with E-state index in [0.717, 1.165) is 28.9 Å². The van der Waals surface area contributed by atoms with Crippen molar-refractivity contribution in [3.8, 4) is 0 Å². The first kappa shape index (κ1) is 9.02. The van der Waals surface area contributed by atoms with Gasteiger partial charge in [-0.1, -0.05) is 12.1 Å². The van der Waals surface area contributed by atoms with Gasteiger partial charge in [-0.2, -0.15) is 0 Å². The maximum Gasteiger partial charge on any atom is 0.0314 e. The molecule has 0 heterocycles. The molecule has 88 valence electrons. The van der Waals surface area contributed by atoms with Gasteiger partial charge in [-0.15, -0.1) is 0 Å². The highest BCUT2D eigenvalue weighted by molar-refractivity contribution is 5.49. The lowest BCUT2D eigenvalue weighted by Gasteiger charge is -2.47. The van der Waals surface area contributed by atoms with Crippen molar-refractivity contribution < 1.29 is 0 Å². The molecule has 17 heavy (non-hydrogen) atoms. The smallest absolute Gasteiger partial charge is 0.0314 e. The molecule has 1 aromatic rings. The van der Waals surface area contributed by atoms with Crippen molar-refractivity contribution in [2.45, 2.75) is 37.5 Å². The number of benzene rings is 1. The summed E-state index contributed by atoms with van der Waals surface area (Å²) >= 11 is 0. The van der Waals surface area contributed by atoms with Crippen molar-refractivity contribution >= 4 is 5.69 Å². The minimum Gasteiger partial charge on any atom is -0.399 e. The summed E-state index contributed by atoms with van der Waals surface area (Å²) in [5.74, 6) is 3.25. The maximum absolute atomic E-state index is 5.82. The van der Waals surface area contributed by atoms with E-state index in [4.69, 9.17) is 5.73 Å². The molecule has 2 N–H and O–H groups in total. The summed E-state index contributed by atoms with van der Waals surface area (Å²) in [7, 11) is 0. The van der Waals surface area contributed by atoms with Crippen LogP contribution >= 0.6 is 0 Å². The van der Waals surface area contributed by atoms with Gasteiger partial charge in [0.25, 0.3) is 0 Å². The van der Waals surface area contributed by atoms with Gasteiger partial charge in [0, 0.05) is 11.1 Å². The standard InChI is InChI=1S/C16H19N/c17-13-3-1-12(2-4-13)15-7-10-5-11-8-16(15,9-15)14(11)6-10/h1-4,10-11,14H,5-9,17H2. The fraction of sp³-hybridized carbons (Fsp3) is 0.625. The summed E-state index contributed by atoms with van der Waals surface area (Å²) in [4.78, 5) is 0. The fourth-order valence-corrected chi connectivity index (χ4v) is 6.09. The van der Waals surface area contributed by atoms with Crippen molar-refractivity contribution in [3.05, 3.63) is 29.8 Å². The van der Waals surface area contributed by atoms with Crippen LogP contribution in [-0.4, -0.2) is 0 Å². The first-order valence-corrected chi connectivity index (χ1v) is 7.10. The van der Waals surface area contributed by atoms with E-state index >= 15 is 0 Å². The number of fused-ring (bicyclic) bond motifs is 1. The predicted molar refractivity (Wildman–Crippen MR) is 68.5 cm³/mol. The summed E-state index contributed by atoms with van der Waals surface area (Å²) in [6.07, 6.45) is 7.61. The van der Waals surface area contributed by atoms with Crippen molar-refractivity contribution in [2.75, 3.05) is 5.73 Å². The first-order valence-electron chi connectivity index (χ1n) is 7.10. The second kappa shape index (κ2) is 2.41. The number of hydrogen-bond donors (Lipinski definition) is 1. The quantitative estimate of drug-likeness (QED) is 0.729. The molecule has 0 amide bonds. The number of anilines is 1. The van der Waals surface area contributed by atoms with Gasteiger partial charge in [-0.05, 0) is 73.0 Å². The highest BCUT2D eigenvalue weighted by Gasteiger charge is 2.81. The van der Waals surface area contributed by atoms with Crippen LogP contribution in [0, 0.1) is 23.2 Å². The van der Waals surface area contributed by atoms with Gasteiger partial charge in [0.1, 0.15) is 0 Å². The van der Waals surface area contributed by atoms with Crippen LogP contribution in [0.3, 0.4) is 0 Å². The molecule has 1 spiro atoms. The number of hydrogen-bond acceptors (Lipinski definition) is 1. The van der Waals surface area contributed by atoms with Crippen molar-refractivity contribution in [2.24, 2.45) is 23.2 Å². The average molecular weight is 225 g/mol. The summed E-state index contributed by atoms with van der Waals surface area (Å²) in [5.41, 5.74) is 9.66. The Hall–Kier alpha value is -0.980. The topological polar surface area (TPSA) is 26.0 Å². The highest BCUT2D eigenvalue weighted by atomic mass is 14.8. The molecule has 4 saturated carbocycles. The molecule has 5 atom stereocenters. The van der Waals surface area contributed by atoms with E-state index in [-0.39, 0.29) is 0 Å². The molecular weight excluding hydrogens is 206 g/mol. The molecule has 0 aromatic heterocycles. The summed E-state index contributed by atoms with van der Waals surface area (Å²) in [6.45, 7) is 0. The average Bonchev–Trinajstić information content (AvgIpc) is 2.92. The van der Waals surface area contributed by atoms with Gasteiger partial charge in [0.05, 0.1) is 0 Å². The molecule has 1 heteroatoms. The van der Waals surface area contributed by atoms with Gasteiger partial charge in [0.2, 0.25) is 0 Å². The van der Waals surface area contributed by atoms with Crippen molar-refractivity contribution in [3.63, 3.8) is 0 Å². The van der Waals surface area contributed by atoms with Gasteiger partial charge >= 0.3 is 0 Å². The molecule has 5 rings (SSSR count). The Bertz CT molecular complexity index is 505. The van der Waals surface area contributed by atoms with Crippen LogP contribution in [0.15, 0.2) is 24.3 Å². The van der Waals surface area contributed by atoms with Crippen molar-refractivity contribution in [1.29, 1.82) is 0 Å². The molecule has 5 unspecified atom stereocenters. The Balaban J connectivity index is 1.63. The second-order valence-corrected chi connectivity index (χ2v) is 7.15. The van der Waals surface area contributed by atoms with E-state index in [9.17, 15) is 0 Å². The van der Waals surface area contributed by atoms with E-state index in [0.29, 0.717) is 5.41 Å². The van der Waals surface area contributed by atoms with Crippen LogP contribution in [0.25, 0.3) is 0 Å². The Morgan fingerprint density at radius 1 is 1.06 bits per heavy atom. The van der Waals surface area contributed by atoms with Crippen LogP contribution in [0.1, 0.15) is 37.7 Å². The summed E-state index contributed by atoms with van der Waals surface area (Å²) in [5, 5.41) is 0. The van der Waals surface area contributed by atoms with Gasteiger partial charge < -0.3 is 5.73 Å². The molecule has 4 fully saturated rings. The SMILES string of the molecule is Nc1ccc(C23CC4CC5CC2(C3)C5C4)cc1. The Kier molecular flexibility index (Phi) is 1.28. The molecule has 0 radical (unpaired) electrons. The molecule has 1 aromatic carbocycles. The van der Waals surface area contributed by atoms with E-state index in [2.05, 4.69) is 24.3 Å². The van der Waals surface area contributed by atoms with Gasteiger partial charge in [0.15, 0.2) is 0 Å². The monoisotopic (exact) mass is 225 g/mol. The normalized spacial score (nSPS) is 52.8. The zero-order valence-corrected chi connectivity index (χ0v) is 10.2. The zero-order valence-electron chi connectivity index (χ0n) is 10.2. The van der Waals surface area contributed by atoms with Crippen LogP contribution in [0.2, 0.25) is 0 Å². The lowest BCUT2D eigenvalue weighted by molar-refractivity contribution is 0.0445. The number of nitrogens with two attached hydrogens (primary N) is 1. The van der Waals surface area contributed by atoms with E-state index in [1.165, 1.54) is 12.8 Å². The molecule has 4 aliphatic rings. The van der Waals surface area contributed by atoms with Crippen LogP contribution in [0.5, 0.6) is 0 Å². The molecule has 0 aliphatic heterocycles. The first-order chi connectivity index (χ1) is 8.23. The molecule has 4 aliphatic carbocycles. The number of rotatable bonds is 1.